The average molecular weight is 351 g/mol. The van der Waals surface area contributed by atoms with E-state index in [1.807, 2.05) is 24.8 Å². The SMILES string of the molecule is COc1ccc(S(=O)(=O)N2CCN(c3cc(C)on3)CC2)cc1C. The molecule has 0 N–H and O–H groups in total. The van der Waals surface area contributed by atoms with E-state index in [0.29, 0.717) is 36.8 Å². The monoisotopic (exact) mass is 351 g/mol. The molecule has 0 amide bonds. The molecule has 0 unspecified atom stereocenters. The summed E-state index contributed by atoms with van der Waals surface area (Å²) in [6.07, 6.45) is 0. The van der Waals surface area contributed by atoms with Gasteiger partial charge < -0.3 is 14.2 Å². The maximum absolute atomic E-state index is 12.8. The number of aryl methyl sites for hydroxylation is 2. The normalized spacial score (nSPS) is 16.4. The van der Waals surface area contributed by atoms with Crippen LogP contribution in [0.2, 0.25) is 0 Å². The Morgan fingerprint density at radius 3 is 2.38 bits per heavy atom. The minimum absolute atomic E-state index is 0.298. The van der Waals surface area contributed by atoms with Crippen LogP contribution in [0.15, 0.2) is 33.7 Å². The first-order chi connectivity index (χ1) is 11.4. The van der Waals surface area contributed by atoms with Crippen LogP contribution in [0.5, 0.6) is 5.75 Å². The Balaban J connectivity index is 1.74. The third-order valence-electron chi connectivity index (χ3n) is 4.18. The van der Waals surface area contributed by atoms with Crippen molar-refractivity contribution < 1.29 is 17.7 Å². The molecule has 2 heterocycles. The first-order valence-electron chi connectivity index (χ1n) is 7.75. The zero-order valence-corrected chi connectivity index (χ0v) is 14.8. The summed E-state index contributed by atoms with van der Waals surface area (Å²) < 4.78 is 37.4. The standard InChI is InChI=1S/C16H21N3O4S/c1-12-10-14(4-5-15(12)22-3)24(20,21)19-8-6-18(7-9-19)16-11-13(2)23-17-16/h4-5,10-11H,6-9H2,1-3H3. The molecule has 0 spiro atoms. The summed E-state index contributed by atoms with van der Waals surface area (Å²) >= 11 is 0. The van der Waals surface area contributed by atoms with E-state index in [2.05, 4.69) is 5.16 Å². The van der Waals surface area contributed by atoms with Crippen LogP contribution in [0.25, 0.3) is 0 Å². The minimum Gasteiger partial charge on any atom is -0.496 e. The van der Waals surface area contributed by atoms with Crippen molar-refractivity contribution in [3.8, 4) is 5.75 Å². The summed E-state index contributed by atoms with van der Waals surface area (Å²) in [4.78, 5) is 2.33. The van der Waals surface area contributed by atoms with Crippen molar-refractivity contribution in [2.45, 2.75) is 18.7 Å². The number of sulfonamides is 1. The van der Waals surface area contributed by atoms with Crippen molar-refractivity contribution in [3.05, 3.63) is 35.6 Å². The van der Waals surface area contributed by atoms with E-state index in [4.69, 9.17) is 9.26 Å². The van der Waals surface area contributed by atoms with Gasteiger partial charge in [0.1, 0.15) is 11.5 Å². The number of aromatic nitrogens is 1. The van der Waals surface area contributed by atoms with Gasteiger partial charge in [-0.15, -0.1) is 0 Å². The van der Waals surface area contributed by atoms with Gasteiger partial charge in [-0.25, -0.2) is 8.42 Å². The molecule has 8 heteroatoms. The Hall–Kier alpha value is -2.06. The van der Waals surface area contributed by atoms with Crippen molar-refractivity contribution in [3.63, 3.8) is 0 Å². The summed E-state index contributed by atoms with van der Waals surface area (Å²) in [5, 5.41) is 3.98. The Morgan fingerprint density at radius 1 is 1.12 bits per heavy atom. The molecule has 1 aromatic heterocycles. The van der Waals surface area contributed by atoms with E-state index in [1.165, 1.54) is 4.31 Å². The molecule has 1 fully saturated rings. The van der Waals surface area contributed by atoms with Crippen LogP contribution in [-0.2, 0) is 10.0 Å². The number of nitrogens with zero attached hydrogens (tertiary/aromatic N) is 3. The molecular weight excluding hydrogens is 330 g/mol. The molecule has 7 nitrogen and oxygen atoms in total. The van der Waals surface area contributed by atoms with Gasteiger partial charge in [-0.2, -0.15) is 4.31 Å². The topological polar surface area (TPSA) is 75.9 Å². The molecular formula is C16H21N3O4S. The number of methoxy groups -OCH3 is 1. The maximum Gasteiger partial charge on any atom is 0.243 e. The van der Waals surface area contributed by atoms with Gasteiger partial charge in [0.15, 0.2) is 5.82 Å². The van der Waals surface area contributed by atoms with Crippen LogP contribution in [0.3, 0.4) is 0 Å². The Morgan fingerprint density at radius 2 is 1.83 bits per heavy atom. The van der Waals surface area contributed by atoms with E-state index in [9.17, 15) is 8.42 Å². The fourth-order valence-corrected chi connectivity index (χ4v) is 4.33. The third-order valence-corrected chi connectivity index (χ3v) is 6.08. The van der Waals surface area contributed by atoms with E-state index < -0.39 is 10.0 Å². The Kier molecular flexibility index (Phi) is 4.51. The van der Waals surface area contributed by atoms with Crippen molar-refractivity contribution in [1.29, 1.82) is 0 Å². The highest BCUT2D eigenvalue weighted by atomic mass is 32.2. The maximum atomic E-state index is 12.8. The zero-order chi connectivity index (χ0) is 17.3. The lowest BCUT2D eigenvalue weighted by Crippen LogP contribution is -2.48. The zero-order valence-electron chi connectivity index (χ0n) is 14.0. The smallest absolute Gasteiger partial charge is 0.243 e. The second-order valence-electron chi connectivity index (χ2n) is 5.82. The average Bonchev–Trinajstić information content (AvgIpc) is 3.01. The van der Waals surface area contributed by atoms with Gasteiger partial charge in [-0.05, 0) is 37.6 Å². The number of rotatable bonds is 4. The van der Waals surface area contributed by atoms with Gasteiger partial charge in [0.05, 0.1) is 12.0 Å². The predicted octanol–water partition coefficient (Wildman–Crippen LogP) is 1.81. The molecule has 130 valence electrons. The molecule has 2 aromatic rings. The van der Waals surface area contributed by atoms with Crippen LogP contribution in [0.1, 0.15) is 11.3 Å². The highest BCUT2D eigenvalue weighted by Crippen LogP contribution is 2.25. The second kappa shape index (κ2) is 6.45. The van der Waals surface area contributed by atoms with Crippen LogP contribution >= 0.6 is 0 Å². The van der Waals surface area contributed by atoms with E-state index in [-0.39, 0.29) is 0 Å². The van der Waals surface area contributed by atoms with Gasteiger partial charge in [0, 0.05) is 32.2 Å². The van der Waals surface area contributed by atoms with Crippen LogP contribution < -0.4 is 9.64 Å². The molecule has 0 saturated carbocycles. The molecule has 0 atom stereocenters. The quantitative estimate of drug-likeness (QED) is 0.836. The largest absolute Gasteiger partial charge is 0.496 e. The van der Waals surface area contributed by atoms with Crippen LogP contribution in [0, 0.1) is 13.8 Å². The van der Waals surface area contributed by atoms with Gasteiger partial charge in [-0.1, -0.05) is 5.16 Å². The summed E-state index contributed by atoms with van der Waals surface area (Å²) in [5.74, 6) is 2.18. The molecule has 1 aliphatic heterocycles. The number of piperazine rings is 1. The van der Waals surface area contributed by atoms with E-state index in [1.54, 1.807) is 25.3 Å². The van der Waals surface area contributed by atoms with Gasteiger partial charge in [0.2, 0.25) is 10.0 Å². The fraction of sp³-hybridized carbons (Fsp3) is 0.438. The number of hydrogen-bond acceptors (Lipinski definition) is 6. The lowest BCUT2D eigenvalue weighted by atomic mass is 10.2. The lowest BCUT2D eigenvalue weighted by molar-refractivity contribution is 0.371. The minimum atomic E-state index is -3.50. The first-order valence-corrected chi connectivity index (χ1v) is 9.19. The van der Waals surface area contributed by atoms with Gasteiger partial charge in [0.25, 0.3) is 0 Å². The fourth-order valence-electron chi connectivity index (χ4n) is 2.82. The second-order valence-corrected chi connectivity index (χ2v) is 7.76. The highest BCUT2D eigenvalue weighted by molar-refractivity contribution is 7.89. The number of hydrogen-bond donors (Lipinski definition) is 0. The first kappa shape index (κ1) is 16.8. The number of anilines is 1. The van der Waals surface area contributed by atoms with Gasteiger partial charge >= 0.3 is 0 Å². The van der Waals surface area contributed by atoms with E-state index in [0.717, 1.165) is 17.1 Å². The van der Waals surface area contributed by atoms with E-state index >= 15 is 0 Å². The van der Waals surface area contributed by atoms with Crippen molar-refractivity contribution in [1.82, 2.24) is 9.46 Å². The molecule has 24 heavy (non-hydrogen) atoms. The summed E-state index contributed by atoms with van der Waals surface area (Å²) in [7, 11) is -1.93. The third kappa shape index (κ3) is 3.11. The number of benzene rings is 1. The Bertz CT molecular complexity index is 824. The molecule has 1 aliphatic rings. The van der Waals surface area contributed by atoms with Crippen LogP contribution in [-0.4, -0.2) is 51.2 Å². The van der Waals surface area contributed by atoms with Gasteiger partial charge in [-0.3, -0.25) is 0 Å². The summed E-state index contributed by atoms with van der Waals surface area (Å²) in [6, 6.07) is 6.80. The molecule has 1 aromatic carbocycles. The number of ether oxygens (including phenoxy) is 1. The summed E-state index contributed by atoms with van der Waals surface area (Å²) in [6.45, 7) is 5.67. The van der Waals surface area contributed by atoms with Crippen molar-refractivity contribution >= 4 is 15.8 Å². The molecule has 0 bridgehead atoms. The molecule has 0 radical (unpaired) electrons. The Labute approximate surface area is 141 Å². The molecule has 1 saturated heterocycles. The highest BCUT2D eigenvalue weighted by Gasteiger charge is 2.29. The molecule has 0 aliphatic carbocycles. The van der Waals surface area contributed by atoms with Crippen molar-refractivity contribution in [2.24, 2.45) is 0 Å². The summed E-state index contributed by atoms with van der Waals surface area (Å²) in [5.41, 5.74) is 0.801. The predicted molar refractivity (Wildman–Crippen MR) is 89.9 cm³/mol. The lowest BCUT2D eigenvalue weighted by Gasteiger charge is -2.33. The van der Waals surface area contributed by atoms with Crippen LogP contribution in [0.4, 0.5) is 5.82 Å². The molecule has 3 rings (SSSR count). The van der Waals surface area contributed by atoms with Crippen molar-refractivity contribution in [2.75, 3.05) is 38.2 Å².